The smallest absolute Gasteiger partial charge is 0.260 e. The summed E-state index contributed by atoms with van der Waals surface area (Å²) in [7, 11) is 1.78. The number of carbonyl (C=O) groups is 2. The Balaban J connectivity index is 1.46. The van der Waals surface area contributed by atoms with Crippen molar-refractivity contribution in [2.45, 2.75) is 45.1 Å². The third kappa shape index (κ3) is 5.78. The van der Waals surface area contributed by atoms with E-state index in [9.17, 15) is 9.59 Å². The Morgan fingerprint density at radius 1 is 1.03 bits per heavy atom. The van der Waals surface area contributed by atoms with Crippen molar-refractivity contribution in [2.75, 3.05) is 46.5 Å². The summed E-state index contributed by atoms with van der Waals surface area (Å²) < 4.78 is 18.1. The molecule has 2 aliphatic rings. The molecule has 1 unspecified atom stereocenters. The van der Waals surface area contributed by atoms with E-state index in [-0.39, 0.29) is 25.0 Å². The highest BCUT2D eigenvalue weighted by Crippen LogP contribution is 2.29. The average molecular weight is 481 g/mol. The number of benzene rings is 2. The fraction of sp³-hybridized carbons (Fsp3) is 0.500. The number of morpholine rings is 1. The zero-order chi connectivity index (χ0) is 24.8. The highest BCUT2D eigenvalue weighted by Gasteiger charge is 2.46. The summed E-state index contributed by atoms with van der Waals surface area (Å²) in [5.41, 5.74) is 2.13. The predicted octanol–water partition coefficient (Wildman–Crippen LogP) is 3.54. The molecule has 188 valence electrons. The lowest BCUT2D eigenvalue weighted by Crippen LogP contribution is -2.61. The van der Waals surface area contributed by atoms with Crippen LogP contribution < -0.4 is 9.47 Å². The molecule has 2 heterocycles. The van der Waals surface area contributed by atoms with Crippen LogP contribution in [0.5, 0.6) is 11.5 Å². The van der Waals surface area contributed by atoms with Gasteiger partial charge in [0.25, 0.3) is 11.8 Å². The number of aryl methyl sites for hydroxylation is 3. The molecule has 0 N–H and O–H groups in total. The molecule has 1 atom stereocenters. The molecule has 35 heavy (non-hydrogen) atoms. The van der Waals surface area contributed by atoms with E-state index in [0.717, 1.165) is 41.9 Å². The molecule has 0 bridgehead atoms. The molecule has 7 nitrogen and oxygen atoms in total. The molecule has 2 aromatic carbocycles. The number of rotatable bonds is 3. The first-order valence-corrected chi connectivity index (χ1v) is 12.5. The van der Waals surface area contributed by atoms with Crippen LogP contribution in [0.2, 0.25) is 0 Å². The Kier molecular flexibility index (Phi) is 7.96. The van der Waals surface area contributed by atoms with Gasteiger partial charge in [-0.1, -0.05) is 36.4 Å². The molecule has 1 fully saturated rings. The Morgan fingerprint density at radius 2 is 1.80 bits per heavy atom. The Hall–Kier alpha value is -3.06. The molecule has 0 radical (unpaired) electrons. The molecule has 0 saturated carbocycles. The van der Waals surface area contributed by atoms with Gasteiger partial charge in [0.05, 0.1) is 19.7 Å². The van der Waals surface area contributed by atoms with Crippen molar-refractivity contribution in [2.24, 2.45) is 0 Å². The second-order valence-electron chi connectivity index (χ2n) is 9.56. The second-order valence-corrected chi connectivity index (χ2v) is 9.56. The number of carbonyl (C=O) groups excluding carboxylic acids is 2. The van der Waals surface area contributed by atoms with Crippen molar-refractivity contribution < 1.29 is 23.8 Å². The lowest BCUT2D eigenvalue weighted by molar-refractivity contribution is -0.176. The SMILES string of the molecule is Cc1cccc(C)c1OCC(=O)N1CCOC2(CCCCc3ccccc3OCCN(C)C2=O)C1. The van der Waals surface area contributed by atoms with Crippen LogP contribution in [0.25, 0.3) is 0 Å². The fourth-order valence-corrected chi connectivity index (χ4v) is 4.96. The largest absolute Gasteiger partial charge is 0.491 e. The van der Waals surface area contributed by atoms with Crippen molar-refractivity contribution >= 4 is 11.8 Å². The van der Waals surface area contributed by atoms with Crippen molar-refractivity contribution in [1.82, 2.24) is 9.80 Å². The molecule has 0 aliphatic carbocycles. The zero-order valence-corrected chi connectivity index (χ0v) is 21.0. The quantitative estimate of drug-likeness (QED) is 0.672. The molecule has 4 rings (SSSR count). The minimum atomic E-state index is -1.04. The van der Waals surface area contributed by atoms with Crippen LogP contribution in [-0.2, 0) is 20.7 Å². The van der Waals surface area contributed by atoms with Crippen LogP contribution in [0.3, 0.4) is 0 Å². The fourth-order valence-electron chi connectivity index (χ4n) is 4.96. The number of fused-ring (bicyclic) bond motifs is 1. The Bertz CT molecular complexity index is 1040. The van der Waals surface area contributed by atoms with E-state index < -0.39 is 5.60 Å². The van der Waals surface area contributed by atoms with Gasteiger partial charge in [-0.05, 0) is 62.3 Å². The van der Waals surface area contributed by atoms with Gasteiger partial charge in [-0.2, -0.15) is 0 Å². The number of para-hydroxylation sites is 2. The molecular formula is C28H36N2O5. The second kappa shape index (κ2) is 11.1. The van der Waals surface area contributed by atoms with Crippen molar-refractivity contribution in [1.29, 1.82) is 0 Å². The first kappa shape index (κ1) is 25.0. The van der Waals surface area contributed by atoms with Gasteiger partial charge in [0, 0.05) is 13.6 Å². The number of hydrogen-bond donors (Lipinski definition) is 0. The van der Waals surface area contributed by atoms with Gasteiger partial charge >= 0.3 is 0 Å². The molecule has 1 spiro atoms. The molecular weight excluding hydrogens is 444 g/mol. The minimum Gasteiger partial charge on any atom is -0.491 e. The summed E-state index contributed by atoms with van der Waals surface area (Å²) in [6, 6.07) is 14.0. The van der Waals surface area contributed by atoms with Crippen molar-refractivity contribution in [3.63, 3.8) is 0 Å². The van der Waals surface area contributed by atoms with Crippen LogP contribution >= 0.6 is 0 Å². The molecule has 2 aliphatic heterocycles. The summed E-state index contributed by atoms with van der Waals surface area (Å²) in [6.07, 6.45) is 3.17. The number of ether oxygens (including phenoxy) is 3. The summed E-state index contributed by atoms with van der Waals surface area (Å²) in [4.78, 5) is 30.1. The van der Waals surface area contributed by atoms with Gasteiger partial charge in [-0.25, -0.2) is 0 Å². The molecule has 1 saturated heterocycles. The lowest BCUT2D eigenvalue weighted by Gasteiger charge is -2.43. The van der Waals surface area contributed by atoms with Gasteiger partial charge in [-0.3, -0.25) is 9.59 Å². The summed E-state index contributed by atoms with van der Waals surface area (Å²) in [6.45, 7) is 5.75. The monoisotopic (exact) mass is 480 g/mol. The summed E-state index contributed by atoms with van der Waals surface area (Å²) in [5, 5.41) is 0. The topological polar surface area (TPSA) is 68.3 Å². The maximum absolute atomic E-state index is 13.6. The zero-order valence-electron chi connectivity index (χ0n) is 21.0. The predicted molar refractivity (Wildman–Crippen MR) is 134 cm³/mol. The average Bonchev–Trinajstić information content (AvgIpc) is 2.86. The molecule has 2 aromatic rings. The van der Waals surface area contributed by atoms with Crippen LogP contribution in [0, 0.1) is 13.8 Å². The highest BCUT2D eigenvalue weighted by atomic mass is 16.5. The Morgan fingerprint density at radius 3 is 2.60 bits per heavy atom. The normalized spacial score (nSPS) is 21.5. The number of amides is 2. The summed E-state index contributed by atoms with van der Waals surface area (Å²) in [5.74, 6) is 1.40. The molecule has 2 amide bonds. The van der Waals surface area contributed by atoms with Gasteiger partial charge in [0.1, 0.15) is 18.1 Å². The van der Waals surface area contributed by atoms with E-state index in [1.165, 1.54) is 5.56 Å². The van der Waals surface area contributed by atoms with Gasteiger partial charge in [-0.15, -0.1) is 0 Å². The van der Waals surface area contributed by atoms with Gasteiger partial charge < -0.3 is 24.0 Å². The van der Waals surface area contributed by atoms with E-state index in [1.54, 1.807) is 16.8 Å². The van der Waals surface area contributed by atoms with E-state index in [1.807, 2.05) is 50.2 Å². The molecule has 0 aromatic heterocycles. The van der Waals surface area contributed by atoms with E-state index in [4.69, 9.17) is 14.2 Å². The van der Waals surface area contributed by atoms with E-state index in [0.29, 0.717) is 32.7 Å². The highest BCUT2D eigenvalue weighted by molar-refractivity contribution is 5.87. The van der Waals surface area contributed by atoms with E-state index >= 15 is 0 Å². The number of likely N-dealkylation sites (N-methyl/N-ethyl adjacent to an activating group) is 1. The van der Waals surface area contributed by atoms with Crippen LogP contribution in [-0.4, -0.2) is 73.7 Å². The van der Waals surface area contributed by atoms with Crippen LogP contribution in [0.1, 0.15) is 36.0 Å². The first-order chi connectivity index (χ1) is 16.9. The Labute approximate surface area is 207 Å². The minimum absolute atomic E-state index is 0.0591. The lowest BCUT2D eigenvalue weighted by atomic mass is 9.91. The van der Waals surface area contributed by atoms with Crippen LogP contribution in [0.15, 0.2) is 42.5 Å². The number of nitrogens with zero attached hydrogens (tertiary/aromatic N) is 2. The van der Waals surface area contributed by atoms with Crippen molar-refractivity contribution in [3.05, 3.63) is 59.2 Å². The maximum atomic E-state index is 13.6. The van der Waals surface area contributed by atoms with Crippen LogP contribution in [0.4, 0.5) is 0 Å². The van der Waals surface area contributed by atoms with Gasteiger partial charge in [0.2, 0.25) is 0 Å². The third-order valence-electron chi connectivity index (χ3n) is 6.96. The molecule has 7 heteroatoms. The maximum Gasteiger partial charge on any atom is 0.260 e. The third-order valence-corrected chi connectivity index (χ3v) is 6.96. The standard InChI is InChI=1S/C28H36N2O5/c1-21-9-8-10-22(2)26(21)34-19-25(31)30-16-18-35-28(20-30)14-7-6-12-23-11-4-5-13-24(23)33-17-15-29(3)27(28)32/h4-5,8-11,13H,6-7,12,14-20H2,1-3H3. The number of hydrogen-bond acceptors (Lipinski definition) is 5. The van der Waals surface area contributed by atoms with Gasteiger partial charge in [0.15, 0.2) is 12.2 Å². The first-order valence-electron chi connectivity index (χ1n) is 12.5. The summed E-state index contributed by atoms with van der Waals surface area (Å²) >= 11 is 0. The van der Waals surface area contributed by atoms with E-state index in [2.05, 4.69) is 6.07 Å². The van der Waals surface area contributed by atoms with Crippen molar-refractivity contribution in [3.8, 4) is 11.5 Å².